The number of alkyl halides is 6. The zero-order chi connectivity index (χ0) is 43.1. The molecule has 20 heteroatoms. The van der Waals surface area contributed by atoms with Crippen LogP contribution < -0.4 is 20.1 Å². The predicted molar refractivity (Wildman–Crippen MR) is 208 cm³/mol. The highest BCUT2D eigenvalue weighted by atomic mass is 19.4. The van der Waals surface area contributed by atoms with E-state index in [9.17, 15) is 41.0 Å². The number of fused-ring (bicyclic) bond motifs is 6. The molecule has 0 spiro atoms. The minimum atomic E-state index is -4.51. The molecule has 2 atom stereocenters. The molecule has 6 aromatic rings. The fourth-order valence-electron chi connectivity index (χ4n) is 7.68. The molecule has 14 nitrogen and oxygen atoms in total. The van der Waals surface area contributed by atoms with Gasteiger partial charge in [-0.15, -0.1) is 0 Å². The van der Waals surface area contributed by atoms with Crippen LogP contribution in [0.5, 0.6) is 11.5 Å². The molecule has 4 aromatic heterocycles. The van der Waals surface area contributed by atoms with Crippen LogP contribution in [-0.2, 0) is 47.6 Å². The fourth-order valence-corrected chi connectivity index (χ4v) is 7.68. The lowest BCUT2D eigenvalue weighted by Crippen LogP contribution is -2.33. The Hall–Kier alpha value is -6.60. The molecule has 1 amide bonds. The van der Waals surface area contributed by atoms with Crippen molar-refractivity contribution in [1.29, 1.82) is 0 Å². The number of methoxy groups -OCH3 is 2. The molecule has 2 aromatic carbocycles. The Balaban J connectivity index is 0.000000182. The van der Waals surface area contributed by atoms with Gasteiger partial charge in [0.05, 0.1) is 53.4 Å². The Morgan fingerprint density at radius 2 is 1.15 bits per heavy atom. The van der Waals surface area contributed by atoms with Gasteiger partial charge in [-0.2, -0.15) is 26.3 Å². The van der Waals surface area contributed by atoms with Gasteiger partial charge < -0.3 is 40.1 Å². The predicted octanol–water partition coefficient (Wildman–Crippen LogP) is 7.84. The van der Waals surface area contributed by atoms with Crippen LogP contribution in [0, 0.1) is 11.8 Å². The normalized spacial score (nSPS) is 16.3. The largest absolute Gasteiger partial charge is 0.495 e. The summed E-state index contributed by atoms with van der Waals surface area (Å²) in [6, 6.07) is 6.35. The highest BCUT2D eigenvalue weighted by Gasteiger charge is 2.34. The van der Waals surface area contributed by atoms with E-state index in [2.05, 4.69) is 40.5 Å². The number of nitrogens with zero attached hydrogens (tertiary/aromatic N) is 5. The first kappa shape index (κ1) is 41.6. The minimum Gasteiger partial charge on any atom is -0.495 e. The molecule has 0 saturated carbocycles. The first-order chi connectivity index (χ1) is 28.5. The van der Waals surface area contributed by atoms with E-state index in [0.29, 0.717) is 66.4 Å². The second-order valence-electron chi connectivity index (χ2n) is 14.6. The third kappa shape index (κ3) is 8.30. The smallest absolute Gasteiger partial charge is 0.416 e. The van der Waals surface area contributed by atoms with E-state index >= 15 is 0 Å². The van der Waals surface area contributed by atoms with Crippen LogP contribution >= 0.6 is 0 Å². The number of aliphatic carboxylic acids is 1. The molecule has 2 aliphatic carbocycles. The first-order valence-electron chi connectivity index (χ1n) is 18.6. The molecule has 60 heavy (non-hydrogen) atoms. The fraction of sp³-hybridized carbons (Fsp3) is 0.350. The summed E-state index contributed by atoms with van der Waals surface area (Å²) in [6.45, 7) is 0. The maximum Gasteiger partial charge on any atom is 0.416 e. The molecule has 316 valence electrons. The number of carboxylic acid groups (broad SMARTS) is 1. The maximum absolute atomic E-state index is 13.2. The summed E-state index contributed by atoms with van der Waals surface area (Å²) < 4.78 is 89.5. The Kier molecular flexibility index (Phi) is 11.2. The van der Waals surface area contributed by atoms with E-state index < -0.39 is 35.4 Å². The number of benzene rings is 2. The summed E-state index contributed by atoms with van der Waals surface area (Å²) in [5.41, 5.74) is 3.22. The number of hydrogen-bond donors (Lipinski definition) is 5. The summed E-state index contributed by atoms with van der Waals surface area (Å²) in [4.78, 5) is 48.9. The van der Waals surface area contributed by atoms with Crippen LogP contribution in [0.3, 0.4) is 0 Å². The Morgan fingerprint density at radius 1 is 0.717 bits per heavy atom. The zero-order valence-electron chi connectivity index (χ0n) is 32.6. The number of aromatic amines is 2. The van der Waals surface area contributed by atoms with E-state index in [4.69, 9.17) is 9.47 Å². The second kappa shape index (κ2) is 16.2. The molecule has 0 bridgehead atoms. The SMILES string of the molecule is COc1ccc(C(F)(F)F)cc1Nc1ncnc2[nH]c3c(c12)CC(C(=O)N(C)C)CC3.COc1ccc(C(F)(F)F)cc1Nc1ncnc2[nH]c3c(c12)CC(C(=O)O)CC3. The van der Waals surface area contributed by atoms with Crippen molar-refractivity contribution in [2.75, 3.05) is 38.9 Å². The van der Waals surface area contributed by atoms with E-state index in [0.717, 1.165) is 46.8 Å². The third-order valence-electron chi connectivity index (χ3n) is 10.7. The number of aryl methyl sites for hydroxylation is 2. The van der Waals surface area contributed by atoms with E-state index in [-0.39, 0.29) is 40.5 Å². The Morgan fingerprint density at radius 3 is 1.55 bits per heavy atom. The number of carbonyl (C=O) groups is 2. The molecule has 0 radical (unpaired) electrons. The Labute approximate surface area is 337 Å². The number of nitrogens with one attached hydrogen (secondary N) is 4. The lowest BCUT2D eigenvalue weighted by Gasteiger charge is -2.24. The van der Waals surface area contributed by atoms with Gasteiger partial charge in [0.1, 0.15) is 47.1 Å². The average molecular weight is 840 g/mol. The lowest BCUT2D eigenvalue weighted by molar-refractivity contribution is -0.142. The van der Waals surface area contributed by atoms with Gasteiger partial charge in [0, 0.05) is 31.4 Å². The van der Waals surface area contributed by atoms with Gasteiger partial charge in [-0.05, 0) is 86.1 Å². The summed E-state index contributed by atoms with van der Waals surface area (Å²) in [6.07, 6.45) is -3.10. The van der Waals surface area contributed by atoms with Crippen LogP contribution in [0.1, 0.15) is 46.5 Å². The van der Waals surface area contributed by atoms with Crippen molar-refractivity contribution in [1.82, 2.24) is 34.8 Å². The number of halogens is 6. The van der Waals surface area contributed by atoms with Gasteiger partial charge in [0.2, 0.25) is 5.91 Å². The molecule has 4 heterocycles. The topological polar surface area (TPSA) is 183 Å². The van der Waals surface area contributed by atoms with Gasteiger partial charge >= 0.3 is 18.3 Å². The number of anilines is 4. The van der Waals surface area contributed by atoms with E-state index in [1.165, 1.54) is 39.0 Å². The van der Waals surface area contributed by atoms with Gasteiger partial charge in [0.15, 0.2) is 0 Å². The number of carboxylic acids is 1. The highest BCUT2D eigenvalue weighted by Crippen LogP contribution is 2.41. The lowest BCUT2D eigenvalue weighted by atomic mass is 9.85. The number of H-pyrrole nitrogens is 2. The molecule has 5 N–H and O–H groups in total. The van der Waals surface area contributed by atoms with Crippen LogP contribution in [-0.4, -0.2) is 80.1 Å². The average Bonchev–Trinajstić information content (AvgIpc) is 3.78. The van der Waals surface area contributed by atoms with Crippen LogP contribution in [0.15, 0.2) is 49.1 Å². The standard InChI is InChI=1S/C21H22F3N5O2.C19H17F3N4O3/c1-29(2)20(30)11-4-6-14-13(8-11)17-18(27-14)25-10-26-19(17)28-15-9-12(21(22,23)24)5-7-16(15)31-3;1-29-14-5-3-10(19(20,21)22)7-13(14)26-17-15-11-6-9(18(27)28)2-4-12(11)25-16(15)23-8-24-17/h5,7,9-11H,4,6,8H2,1-3H3,(H2,25,26,27,28);3,5,7-9H,2,4,6H2,1H3,(H,27,28)(H2,23,24,25,26). The first-order valence-corrected chi connectivity index (χ1v) is 18.6. The summed E-state index contributed by atoms with van der Waals surface area (Å²) in [7, 11) is 6.20. The zero-order valence-corrected chi connectivity index (χ0v) is 32.6. The van der Waals surface area contributed by atoms with Crippen LogP contribution in [0.4, 0.5) is 49.4 Å². The van der Waals surface area contributed by atoms with Gasteiger partial charge in [-0.25, -0.2) is 19.9 Å². The summed E-state index contributed by atoms with van der Waals surface area (Å²) in [5.74, 6) is -0.409. The highest BCUT2D eigenvalue weighted by molar-refractivity contribution is 5.95. The number of ether oxygens (including phenoxy) is 2. The molecule has 0 fully saturated rings. The van der Waals surface area contributed by atoms with Crippen molar-refractivity contribution in [3.63, 3.8) is 0 Å². The van der Waals surface area contributed by atoms with Crippen molar-refractivity contribution in [2.45, 2.75) is 50.9 Å². The van der Waals surface area contributed by atoms with Crippen LogP contribution in [0.2, 0.25) is 0 Å². The van der Waals surface area contributed by atoms with Crippen molar-refractivity contribution >= 4 is 57.0 Å². The maximum atomic E-state index is 13.2. The van der Waals surface area contributed by atoms with Crippen molar-refractivity contribution in [3.05, 3.63) is 82.7 Å². The number of aromatic nitrogens is 6. The van der Waals surface area contributed by atoms with Gasteiger partial charge in [0.25, 0.3) is 0 Å². The van der Waals surface area contributed by atoms with Gasteiger partial charge in [-0.3, -0.25) is 9.59 Å². The van der Waals surface area contributed by atoms with E-state index in [1.807, 2.05) is 0 Å². The molecule has 8 rings (SSSR count). The second-order valence-corrected chi connectivity index (χ2v) is 14.6. The number of amides is 1. The summed E-state index contributed by atoms with van der Waals surface area (Å²) >= 11 is 0. The van der Waals surface area contributed by atoms with E-state index in [1.54, 1.807) is 19.0 Å². The van der Waals surface area contributed by atoms with Crippen molar-refractivity contribution in [3.8, 4) is 11.5 Å². The van der Waals surface area contributed by atoms with Crippen LogP contribution in [0.25, 0.3) is 22.1 Å². The molecular formula is C40H39F6N9O5. The minimum absolute atomic E-state index is 0.0471. The van der Waals surface area contributed by atoms with Gasteiger partial charge in [-0.1, -0.05) is 0 Å². The Bertz CT molecular complexity index is 2590. The monoisotopic (exact) mass is 839 g/mol. The number of carbonyl (C=O) groups excluding carboxylic acids is 1. The molecule has 2 aliphatic rings. The number of hydrogen-bond acceptors (Lipinski definition) is 10. The van der Waals surface area contributed by atoms with Crippen molar-refractivity contribution < 1.29 is 50.5 Å². The number of rotatable bonds is 8. The summed E-state index contributed by atoms with van der Waals surface area (Å²) in [5, 5.41) is 16.5. The molecule has 2 unspecified atom stereocenters. The molecular weight excluding hydrogens is 800 g/mol. The van der Waals surface area contributed by atoms with Crippen molar-refractivity contribution in [2.24, 2.45) is 11.8 Å². The molecule has 0 aliphatic heterocycles. The quantitative estimate of drug-likeness (QED) is 0.0942. The molecule has 0 saturated heterocycles. The third-order valence-corrected chi connectivity index (χ3v) is 10.7.